The molecule has 0 aliphatic carbocycles. The van der Waals surface area contributed by atoms with Gasteiger partial charge in [0.25, 0.3) is 0 Å². The van der Waals surface area contributed by atoms with Gasteiger partial charge >= 0.3 is 0 Å². The van der Waals surface area contributed by atoms with Crippen molar-refractivity contribution in [3.8, 4) is 0 Å². The summed E-state index contributed by atoms with van der Waals surface area (Å²) in [6.07, 6.45) is 3.90. The van der Waals surface area contributed by atoms with E-state index in [0.717, 1.165) is 36.1 Å². The molecule has 0 bridgehead atoms. The summed E-state index contributed by atoms with van der Waals surface area (Å²) in [6.45, 7) is 10.3. The third kappa shape index (κ3) is 3.29. The predicted molar refractivity (Wildman–Crippen MR) is 96.3 cm³/mol. The summed E-state index contributed by atoms with van der Waals surface area (Å²) in [6, 6.07) is 2.18. The van der Waals surface area contributed by atoms with Gasteiger partial charge in [-0.1, -0.05) is 27.7 Å². The van der Waals surface area contributed by atoms with Crippen molar-refractivity contribution >= 4 is 5.82 Å². The highest BCUT2D eigenvalue weighted by atomic mass is 15.2. The summed E-state index contributed by atoms with van der Waals surface area (Å²) >= 11 is 0. The molecule has 2 N–H and O–H groups in total. The van der Waals surface area contributed by atoms with Gasteiger partial charge in [-0.2, -0.15) is 0 Å². The highest BCUT2D eigenvalue weighted by Gasteiger charge is 2.34. The molecular weight excluding hydrogens is 300 g/mol. The number of hydrogen-bond donors (Lipinski definition) is 1. The van der Waals surface area contributed by atoms with Gasteiger partial charge in [0.1, 0.15) is 11.6 Å². The van der Waals surface area contributed by atoms with Gasteiger partial charge in [-0.15, -0.1) is 0 Å². The second-order valence-electron chi connectivity index (χ2n) is 7.46. The van der Waals surface area contributed by atoms with E-state index in [0.29, 0.717) is 11.8 Å². The molecule has 0 spiro atoms. The van der Waals surface area contributed by atoms with E-state index >= 15 is 0 Å². The molecule has 2 aromatic rings. The molecule has 6 nitrogen and oxygen atoms in total. The molecule has 1 aliphatic rings. The molecule has 0 radical (unpaired) electrons. The van der Waals surface area contributed by atoms with Crippen LogP contribution < -0.4 is 10.6 Å². The van der Waals surface area contributed by atoms with Crippen LogP contribution in [0.25, 0.3) is 0 Å². The van der Waals surface area contributed by atoms with Crippen molar-refractivity contribution < 1.29 is 0 Å². The molecule has 6 heteroatoms. The normalized spacial score (nSPS) is 21.2. The van der Waals surface area contributed by atoms with Crippen molar-refractivity contribution in [2.24, 2.45) is 12.8 Å². The molecule has 2 atom stereocenters. The summed E-state index contributed by atoms with van der Waals surface area (Å²) in [7, 11) is 1.99. The maximum absolute atomic E-state index is 6.41. The summed E-state index contributed by atoms with van der Waals surface area (Å²) in [5.41, 5.74) is 8.57. The summed E-state index contributed by atoms with van der Waals surface area (Å²) in [5, 5.41) is 0. The Morgan fingerprint density at radius 2 is 1.88 bits per heavy atom. The van der Waals surface area contributed by atoms with Crippen LogP contribution >= 0.6 is 0 Å². The van der Waals surface area contributed by atoms with E-state index in [1.165, 1.54) is 0 Å². The Morgan fingerprint density at radius 3 is 2.46 bits per heavy atom. The van der Waals surface area contributed by atoms with Gasteiger partial charge in [-0.05, 0) is 5.92 Å². The fourth-order valence-electron chi connectivity index (χ4n) is 3.14. The van der Waals surface area contributed by atoms with E-state index in [-0.39, 0.29) is 12.0 Å². The summed E-state index contributed by atoms with van der Waals surface area (Å²) < 4.78 is 1.98. The van der Waals surface area contributed by atoms with Gasteiger partial charge in [-0.3, -0.25) is 0 Å². The molecular formula is C18H28N6. The fraction of sp³-hybridized carbons (Fsp3) is 0.611. The Balaban J connectivity index is 1.89. The van der Waals surface area contributed by atoms with Gasteiger partial charge in [-0.25, -0.2) is 15.0 Å². The van der Waals surface area contributed by atoms with E-state index < -0.39 is 0 Å². The number of anilines is 1. The van der Waals surface area contributed by atoms with Crippen LogP contribution in [0.5, 0.6) is 0 Å². The molecule has 0 amide bonds. The number of hydrogen-bond acceptors (Lipinski definition) is 5. The van der Waals surface area contributed by atoms with Crippen molar-refractivity contribution in [3.05, 3.63) is 35.8 Å². The van der Waals surface area contributed by atoms with E-state index in [9.17, 15) is 0 Å². The zero-order valence-electron chi connectivity index (χ0n) is 15.3. The molecule has 3 heterocycles. The van der Waals surface area contributed by atoms with Crippen LogP contribution in [0.3, 0.4) is 0 Å². The van der Waals surface area contributed by atoms with E-state index in [4.69, 9.17) is 15.7 Å². The first kappa shape index (κ1) is 16.9. The Kier molecular flexibility index (Phi) is 4.58. The Bertz CT molecular complexity index is 679. The van der Waals surface area contributed by atoms with Crippen LogP contribution in [0, 0.1) is 0 Å². The zero-order valence-corrected chi connectivity index (χ0v) is 15.3. The van der Waals surface area contributed by atoms with Crippen LogP contribution in [0.2, 0.25) is 0 Å². The minimum Gasteiger partial charge on any atom is -0.354 e. The van der Waals surface area contributed by atoms with Crippen LogP contribution in [-0.4, -0.2) is 38.7 Å². The second-order valence-corrected chi connectivity index (χ2v) is 7.46. The number of nitrogens with two attached hydrogens (primary N) is 1. The molecule has 130 valence electrons. The van der Waals surface area contributed by atoms with E-state index in [1.54, 1.807) is 0 Å². The minimum atomic E-state index is 0.0693. The van der Waals surface area contributed by atoms with Gasteiger partial charge in [0.05, 0.1) is 12.0 Å². The Labute approximate surface area is 144 Å². The second kappa shape index (κ2) is 6.51. The lowest BCUT2D eigenvalue weighted by atomic mass is 10.0. The first-order valence-electron chi connectivity index (χ1n) is 8.72. The lowest BCUT2D eigenvalue weighted by molar-refractivity contribution is 0.639. The van der Waals surface area contributed by atoms with Crippen molar-refractivity contribution in [1.82, 2.24) is 19.5 Å². The maximum atomic E-state index is 6.41. The van der Waals surface area contributed by atoms with Gasteiger partial charge in [0.2, 0.25) is 0 Å². The molecule has 1 saturated heterocycles. The molecule has 3 rings (SSSR count). The number of imidazole rings is 1. The highest BCUT2D eigenvalue weighted by Crippen LogP contribution is 2.30. The third-order valence-electron chi connectivity index (χ3n) is 4.65. The third-order valence-corrected chi connectivity index (χ3v) is 4.65. The van der Waals surface area contributed by atoms with Gasteiger partial charge in [0, 0.05) is 56.0 Å². The first-order valence-corrected chi connectivity index (χ1v) is 8.72. The average Bonchev–Trinajstić information content (AvgIpc) is 3.12. The Morgan fingerprint density at radius 1 is 1.12 bits per heavy atom. The molecule has 2 aromatic heterocycles. The lowest BCUT2D eigenvalue weighted by Crippen LogP contribution is -2.29. The molecule has 24 heavy (non-hydrogen) atoms. The van der Waals surface area contributed by atoms with Gasteiger partial charge < -0.3 is 15.2 Å². The minimum absolute atomic E-state index is 0.0693. The van der Waals surface area contributed by atoms with Crippen molar-refractivity contribution in [3.63, 3.8) is 0 Å². The molecule has 0 aromatic carbocycles. The largest absolute Gasteiger partial charge is 0.354 e. The smallest absolute Gasteiger partial charge is 0.133 e. The van der Waals surface area contributed by atoms with Gasteiger partial charge in [0.15, 0.2) is 0 Å². The quantitative estimate of drug-likeness (QED) is 0.933. The van der Waals surface area contributed by atoms with Crippen LogP contribution in [-0.2, 0) is 7.05 Å². The monoisotopic (exact) mass is 328 g/mol. The number of aryl methyl sites for hydroxylation is 1. The summed E-state index contributed by atoms with van der Waals surface area (Å²) in [4.78, 5) is 16.3. The zero-order chi connectivity index (χ0) is 17.4. The average molecular weight is 328 g/mol. The summed E-state index contributed by atoms with van der Waals surface area (Å²) in [5.74, 6) is 2.83. The van der Waals surface area contributed by atoms with Crippen molar-refractivity contribution in [1.29, 1.82) is 0 Å². The van der Waals surface area contributed by atoms with Crippen molar-refractivity contribution in [2.45, 2.75) is 51.5 Å². The fourth-order valence-corrected chi connectivity index (χ4v) is 3.14. The molecule has 1 fully saturated rings. The van der Waals surface area contributed by atoms with Crippen molar-refractivity contribution in [2.75, 3.05) is 18.0 Å². The Hall–Kier alpha value is -1.95. The topological polar surface area (TPSA) is 72.9 Å². The lowest BCUT2D eigenvalue weighted by Gasteiger charge is -2.20. The number of nitrogens with zero attached hydrogens (tertiary/aromatic N) is 5. The predicted octanol–water partition coefficient (Wildman–Crippen LogP) is 2.39. The van der Waals surface area contributed by atoms with E-state index in [1.807, 2.05) is 17.9 Å². The standard InChI is InChI=1S/C18H28N6/c1-11(2)15-6-17(22-18(21-15)12(3)4)24-7-13(14(19)8-24)16-9-23(5)10-20-16/h6,9-14H,7-8,19H2,1-5H3/t13-,14-/m1/s1. The number of rotatable bonds is 4. The first-order chi connectivity index (χ1) is 11.3. The highest BCUT2D eigenvalue weighted by molar-refractivity contribution is 5.44. The van der Waals surface area contributed by atoms with E-state index in [2.05, 4.69) is 49.8 Å². The van der Waals surface area contributed by atoms with Crippen LogP contribution in [0.15, 0.2) is 18.6 Å². The van der Waals surface area contributed by atoms with Crippen LogP contribution in [0.1, 0.15) is 62.7 Å². The number of aromatic nitrogens is 4. The maximum Gasteiger partial charge on any atom is 0.133 e. The SMILES string of the molecule is CC(C)c1cc(N2C[C@@H](N)[C@H](c3cn(C)cn3)C2)nc(C(C)C)n1. The van der Waals surface area contributed by atoms with Crippen LogP contribution in [0.4, 0.5) is 5.82 Å². The molecule has 0 unspecified atom stereocenters. The molecule has 0 saturated carbocycles. The molecule has 1 aliphatic heterocycles.